The first-order chi connectivity index (χ1) is 6.72. The van der Waals surface area contributed by atoms with E-state index in [1.165, 1.54) is 0 Å². The fraction of sp³-hybridized carbons (Fsp3) is 0.273. The molecule has 14 heavy (non-hydrogen) atoms. The van der Waals surface area contributed by atoms with Crippen LogP contribution in [0.3, 0.4) is 0 Å². The van der Waals surface area contributed by atoms with Crippen LogP contribution < -0.4 is 9.47 Å². The van der Waals surface area contributed by atoms with Crippen LogP contribution in [-0.2, 0) is 6.42 Å². The molecule has 0 aliphatic heterocycles. The lowest BCUT2D eigenvalue weighted by molar-refractivity contribution is 0.354. The lowest BCUT2D eigenvalue weighted by Gasteiger charge is -2.10. The number of terminal acetylenes is 1. The zero-order valence-corrected chi connectivity index (χ0v) is 9.72. The van der Waals surface area contributed by atoms with E-state index >= 15 is 0 Å². The van der Waals surface area contributed by atoms with Crippen molar-refractivity contribution < 1.29 is 9.47 Å². The molecule has 0 saturated heterocycles. The minimum absolute atomic E-state index is 0.570. The summed E-state index contributed by atoms with van der Waals surface area (Å²) in [5.41, 5.74) is 1.02. The Bertz CT molecular complexity index is 366. The van der Waals surface area contributed by atoms with E-state index in [4.69, 9.17) is 15.9 Å². The molecule has 0 aliphatic carbocycles. The second-order valence-electron chi connectivity index (χ2n) is 2.68. The first-order valence-corrected chi connectivity index (χ1v) is 4.86. The van der Waals surface area contributed by atoms with Crippen LogP contribution in [0.2, 0.25) is 0 Å². The lowest BCUT2D eigenvalue weighted by Crippen LogP contribution is -1.93. The largest absolute Gasteiger partial charge is 0.493 e. The number of hydrogen-bond donors (Lipinski definition) is 0. The zero-order chi connectivity index (χ0) is 10.6. The number of ether oxygens (including phenoxy) is 2. The van der Waals surface area contributed by atoms with Gasteiger partial charge in [0.05, 0.1) is 14.2 Å². The van der Waals surface area contributed by atoms with E-state index in [0.29, 0.717) is 17.9 Å². The topological polar surface area (TPSA) is 18.5 Å². The minimum Gasteiger partial charge on any atom is -0.493 e. The van der Waals surface area contributed by atoms with Crippen molar-refractivity contribution in [3.8, 4) is 23.8 Å². The van der Waals surface area contributed by atoms with Crippen molar-refractivity contribution in [2.45, 2.75) is 6.42 Å². The molecule has 3 heteroatoms. The molecule has 0 aromatic heterocycles. The molecule has 74 valence electrons. The highest BCUT2D eigenvalue weighted by atomic mass is 79.9. The monoisotopic (exact) mass is 254 g/mol. The van der Waals surface area contributed by atoms with Gasteiger partial charge in [-0.05, 0) is 17.7 Å². The van der Waals surface area contributed by atoms with Crippen molar-refractivity contribution in [2.75, 3.05) is 14.2 Å². The molecule has 0 saturated carbocycles. The molecule has 1 rings (SSSR count). The van der Waals surface area contributed by atoms with Crippen LogP contribution in [0.4, 0.5) is 0 Å². The van der Waals surface area contributed by atoms with Gasteiger partial charge < -0.3 is 9.47 Å². The maximum Gasteiger partial charge on any atom is 0.161 e. The third-order valence-corrected chi connectivity index (χ3v) is 2.58. The van der Waals surface area contributed by atoms with Crippen molar-refractivity contribution in [1.82, 2.24) is 0 Å². The Hall–Kier alpha value is -1.14. The van der Waals surface area contributed by atoms with Crippen LogP contribution in [0.1, 0.15) is 5.56 Å². The van der Waals surface area contributed by atoms with E-state index < -0.39 is 0 Å². The Morgan fingerprint density at radius 3 is 2.36 bits per heavy atom. The normalized spacial score (nSPS) is 9.29. The van der Waals surface area contributed by atoms with E-state index in [1.54, 1.807) is 14.2 Å². The molecular weight excluding hydrogens is 244 g/mol. The SMILES string of the molecule is C#CCc1cc(OC)c(OC)cc1Br. The van der Waals surface area contributed by atoms with E-state index in [1.807, 2.05) is 12.1 Å². The predicted octanol–water partition coefficient (Wildman–Crippen LogP) is 2.64. The van der Waals surface area contributed by atoms with Gasteiger partial charge in [0, 0.05) is 10.9 Å². The highest BCUT2D eigenvalue weighted by Crippen LogP contribution is 2.33. The van der Waals surface area contributed by atoms with Crippen molar-refractivity contribution in [2.24, 2.45) is 0 Å². The Balaban J connectivity index is 3.17. The predicted molar refractivity (Wildman–Crippen MR) is 59.8 cm³/mol. The van der Waals surface area contributed by atoms with E-state index in [9.17, 15) is 0 Å². The summed E-state index contributed by atoms with van der Waals surface area (Å²) in [6, 6.07) is 3.73. The zero-order valence-electron chi connectivity index (χ0n) is 8.13. The number of benzene rings is 1. The molecule has 0 fully saturated rings. The van der Waals surface area contributed by atoms with Gasteiger partial charge in [-0.15, -0.1) is 12.3 Å². The van der Waals surface area contributed by atoms with Gasteiger partial charge >= 0.3 is 0 Å². The summed E-state index contributed by atoms with van der Waals surface area (Å²) >= 11 is 3.42. The van der Waals surface area contributed by atoms with Crippen LogP contribution in [0.25, 0.3) is 0 Å². The summed E-state index contributed by atoms with van der Waals surface area (Å²) < 4.78 is 11.2. The molecule has 0 radical (unpaired) electrons. The van der Waals surface area contributed by atoms with Gasteiger partial charge in [0.1, 0.15) is 0 Å². The highest BCUT2D eigenvalue weighted by molar-refractivity contribution is 9.10. The first-order valence-electron chi connectivity index (χ1n) is 4.06. The van der Waals surface area contributed by atoms with E-state index in [0.717, 1.165) is 10.0 Å². The first kappa shape index (κ1) is 10.9. The highest BCUT2D eigenvalue weighted by Gasteiger charge is 2.08. The van der Waals surface area contributed by atoms with Crippen LogP contribution in [0.5, 0.6) is 11.5 Å². The molecular formula is C11H11BrO2. The summed E-state index contributed by atoms with van der Waals surface area (Å²) in [5.74, 6) is 3.98. The fourth-order valence-electron chi connectivity index (χ4n) is 1.14. The summed E-state index contributed by atoms with van der Waals surface area (Å²) in [6.45, 7) is 0. The Morgan fingerprint density at radius 2 is 1.86 bits per heavy atom. The number of rotatable bonds is 3. The third-order valence-electron chi connectivity index (χ3n) is 1.85. The van der Waals surface area contributed by atoms with Gasteiger partial charge in [0.25, 0.3) is 0 Å². The molecule has 0 N–H and O–H groups in total. The van der Waals surface area contributed by atoms with Crippen molar-refractivity contribution in [1.29, 1.82) is 0 Å². The van der Waals surface area contributed by atoms with Crippen LogP contribution in [0.15, 0.2) is 16.6 Å². The number of hydrogen-bond acceptors (Lipinski definition) is 2. The van der Waals surface area contributed by atoms with Gasteiger partial charge in [-0.3, -0.25) is 0 Å². The van der Waals surface area contributed by atoms with E-state index in [-0.39, 0.29) is 0 Å². The second-order valence-corrected chi connectivity index (χ2v) is 3.53. The molecule has 0 amide bonds. The average Bonchev–Trinajstić information content (AvgIpc) is 2.20. The molecule has 1 aromatic rings. The molecule has 1 aromatic carbocycles. The van der Waals surface area contributed by atoms with Crippen LogP contribution in [-0.4, -0.2) is 14.2 Å². The third kappa shape index (κ3) is 2.21. The van der Waals surface area contributed by atoms with E-state index in [2.05, 4.69) is 21.9 Å². The quantitative estimate of drug-likeness (QED) is 0.773. The maximum absolute atomic E-state index is 5.25. The summed E-state index contributed by atoms with van der Waals surface area (Å²) in [4.78, 5) is 0. The Kier molecular flexibility index (Phi) is 3.84. The molecule has 0 unspecified atom stereocenters. The summed E-state index contributed by atoms with van der Waals surface area (Å²) in [6.07, 6.45) is 5.82. The van der Waals surface area contributed by atoms with Crippen LogP contribution >= 0.6 is 15.9 Å². The second kappa shape index (κ2) is 4.92. The number of halogens is 1. The smallest absolute Gasteiger partial charge is 0.161 e. The minimum atomic E-state index is 0.570. The van der Waals surface area contributed by atoms with Gasteiger partial charge in [0.2, 0.25) is 0 Å². The lowest BCUT2D eigenvalue weighted by atomic mass is 10.1. The molecule has 0 aliphatic rings. The molecule has 0 atom stereocenters. The van der Waals surface area contributed by atoms with Gasteiger partial charge in [-0.25, -0.2) is 0 Å². The van der Waals surface area contributed by atoms with Crippen molar-refractivity contribution in [3.05, 3.63) is 22.2 Å². The summed E-state index contributed by atoms with van der Waals surface area (Å²) in [5, 5.41) is 0. The maximum atomic E-state index is 5.25. The number of methoxy groups -OCH3 is 2. The Morgan fingerprint density at radius 1 is 1.29 bits per heavy atom. The molecule has 0 heterocycles. The standard InChI is InChI=1S/C11H11BrO2/c1-4-5-8-6-10(13-2)11(14-3)7-9(8)12/h1,6-7H,5H2,2-3H3. The van der Waals surface area contributed by atoms with Gasteiger partial charge in [-0.2, -0.15) is 0 Å². The van der Waals surface area contributed by atoms with Gasteiger partial charge in [-0.1, -0.05) is 15.9 Å². The van der Waals surface area contributed by atoms with Crippen molar-refractivity contribution >= 4 is 15.9 Å². The molecule has 2 nitrogen and oxygen atoms in total. The fourth-order valence-corrected chi connectivity index (χ4v) is 1.60. The summed E-state index contributed by atoms with van der Waals surface area (Å²) in [7, 11) is 3.20. The molecule has 0 spiro atoms. The average molecular weight is 255 g/mol. The van der Waals surface area contributed by atoms with Gasteiger partial charge in [0.15, 0.2) is 11.5 Å². The van der Waals surface area contributed by atoms with Crippen LogP contribution in [0, 0.1) is 12.3 Å². The van der Waals surface area contributed by atoms with Crippen molar-refractivity contribution in [3.63, 3.8) is 0 Å². The Labute approximate surface area is 92.3 Å². The molecule has 0 bridgehead atoms.